The van der Waals surface area contributed by atoms with Gasteiger partial charge in [-0.15, -0.1) is 11.3 Å². The first-order valence-corrected chi connectivity index (χ1v) is 9.41. The summed E-state index contributed by atoms with van der Waals surface area (Å²) >= 11 is 2.60. The number of ether oxygens (including phenoxy) is 1. The number of carbonyl (C=O) groups is 1. The smallest absolute Gasteiger partial charge is 0.316 e. The third kappa shape index (κ3) is 3.68. The van der Waals surface area contributed by atoms with Crippen LogP contribution in [0, 0.1) is 0 Å². The van der Waals surface area contributed by atoms with E-state index in [-0.39, 0.29) is 17.3 Å². The Bertz CT molecular complexity index is 903. The predicted octanol–water partition coefficient (Wildman–Crippen LogP) is 3.70. The van der Waals surface area contributed by atoms with Gasteiger partial charge in [-0.05, 0) is 12.0 Å². The second-order valence-electron chi connectivity index (χ2n) is 5.08. The van der Waals surface area contributed by atoms with Crippen molar-refractivity contribution in [3.8, 4) is 11.1 Å². The number of rotatable bonds is 6. The number of aromatic amines is 1. The van der Waals surface area contributed by atoms with Crippen molar-refractivity contribution in [2.45, 2.75) is 18.5 Å². The van der Waals surface area contributed by atoms with Gasteiger partial charge in [0.1, 0.15) is 4.83 Å². The number of thioether (sulfide) groups is 1. The molecule has 0 spiro atoms. The van der Waals surface area contributed by atoms with Crippen LogP contribution in [0.3, 0.4) is 0 Å². The Kier molecular flexibility index (Phi) is 5.32. The molecule has 0 aliphatic carbocycles. The fourth-order valence-corrected chi connectivity index (χ4v) is 3.88. The number of carbonyl (C=O) groups excluding carboxylic acids is 1. The number of thiophene rings is 1. The third-order valence-corrected chi connectivity index (χ3v) is 5.02. The molecule has 2 aromatic heterocycles. The van der Waals surface area contributed by atoms with Gasteiger partial charge in [0.2, 0.25) is 0 Å². The highest BCUT2D eigenvalue weighted by Crippen LogP contribution is 2.31. The average molecular weight is 360 g/mol. The topological polar surface area (TPSA) is 72.0 Å². The zero-order valence-corrected chi connectivity index (χ0v) is 14.7. The highest BCUT2D eigenvalue weighted by molar-refractivity contribution is 7.99. The molecule has 0 atom stereocenters. The Labute approximate surface area is 147 Å². The van der Waals surface area contributed by atoms with Crippen LogP contribution in [0.15, 0.2) is 45.7 Å². The van der Waals surface area contributed by atoms with Gasteiger partial charge in [0.25, 0.3) is 5.56 Å². The number of nitrogens with zero attached hydrogens (tertiary/aromatic N) is 1. The molecule has 3 aromatic rings. The fourth-order valence-electron chi connectivity index (χ4n) is 2.21. The van der Waals surface area contributed by atoms with Gasteiger partial charge in [-0.3, -0.25) is 9.59 Å². The Morgan fingerprint density at radius 2 is 2.12 bits per heavy atom. The maximum Gasteiger partial charge on any atom is 0.316 e. The van der Waals surface area contributed by atoms with Crippen molar-refractivity contribution in [1.82, 2.24) is 9.97 Å². The molecule has 0 fully saturated rings. The van der Waals surface area contributed by atoms with Crippen LogP contribution in [0.5, 0.6) is 0 Å². The predicted molar refractivity (Wildman–Crippen MR) is 97.7 cm³/mol. The second kappa shape index (κ2) is 7.63. The normalized spacial score (nSPS) is 10.9. The molecule has 1 aromatic carbocycles. The summed E-state index contributed by atoms with van der Waals surface area (Å²) < 4.78 is 5.02. The molecule has 0 unspecified atom stereocenters. The van der Waals surface area contributed by atoms with Crippen LogP contribution in [-0.2, 0) is 9.53 Å². The van der Waals surface area contributed by atoms with E-state index in [1.54, 1.807) is 0 Å². The minimum absolute atomic E-state index is 0.130. The summed E-state index contributed by atoms with van der Waals surface area (Å²) in [6.07, 6.45) is 0.787. The standard InChI is InChI=1S/C17H16N2O3S2/c1-2-8-22-13(20)10-24-17-18-15(21)14-12(9-23-16(14)19-17)11-6-4-3-5-7-11/h3-7,9H,2,8,10H2,1H3,(H,18,19,21). The first-order chi connectivity index (χ1) is 11.7. The van der Waals surface area contributed by atoms with Crippen molar-refractivity contribution in [2.24, 2.45) is 0 Å². The fraction of sp³-hybridized carbons (Fsp3) is 0.235. The number of nitrogens with one attached hydrogen (secondary N) is 1. The summed E-state index contributed by atoms with van der Waals surface area (Å²) in [6.45, 7) is 2.35. The van der Waals surface area contributed by atoms with E-state index in [0.29, 0.717) is 22.0 Å². The van der Waals surface area contributed by atoms with Gasteiger partial charge in [0.05, 0.1) is 17.7 Å². The Morgan fingerprint density at radius 3 is 2.88 bits per heavy atom. The molecule has 0 amide bonds. The largest absolute Gasteiger partial charge is 0.465 e. The van der Waals surface area contributed by atoms with E-state index in [1.807, 2.05) is 42.6 Å². The molecule has 0 aliphatic rings. The monoisotopic (exact) mass is 360 g/mol. The number of benzene rings is 1. The summed E-state index contributed by atoms with van der Waals surface area (Å²) in [5.74, 6) is -0.175. The highest BCUT2D eigenvalue weighted by atomic mass is 32.2. The van der Waals surface area contributed by atoms with Crippen molar-refractivity contribution in [2.75, 3.05) is 12.4 Å². The molecule has 0 saturated carbocycles. The summed E-state index contributed by atoms with van der Waals surface area (Å²) in [7, 11) is 0. The Balaban J connectivity index is 1.85. The highest BCUT2D eigenvalue weighted by Gasteiger charge is 2.14. The lowest BCUT2D eigenvalue weighted by atomic mass is 10.1. The van der Waals surface area contributed by atoms with E-state index in [1.165, 1.54) is 23.1 Å². The number of esters is 1. The van der Waals surface area contributed by atoms with E-state index < -0.39 is 0 Å². The number of fused-ring (bicyclic) bond motifs is 1. The van der Waals surface area contributed by atoms with E-state index in [2.05, 4.69) is 9.97 Å². The van der Waals surface area contributed by atoms with Crippen LogP contribution in [0.25, 0.3) is 21.3 Å². The van der Waals surface area contributed by atoms with E-state index in [4.69, 9.17) is 4.74 Å². The van der Waals surface area contributed by atoms with Gasteiger partial charge in [0.15, 0.2) is 5.16 Å². The van der Waals surface area contributed by atoms with Gasteiger partial charge >= 0.3 is 5.97 Å². The van der Waals surface area contributed by atoms with Gasteiger partial charge in [-0.1, -0.05) is 49.0 Å². The van der Waals surface area contributed by atoms with Gasteiger partial charge in [0, 0.05) is 10.9 Å². The van der Waals surface area contributed by atoms with Crippen LogP contribution in [0.2, 0.25) is 0 Å². The van der Waals surface area contributed by atoms with Crippen LogP contribution >= 0.6 is 23.1 Å². The Hall–Kier alpha value is -2.12. The lowest BCUT2D eigenvalue weighted by molar-refractivity contribution is -0.140. The van der Waals surface area contributed by atoms with Gasteiger partial charge < -0.3 is 9.72 Å². The number of hydrogen-bond donors (Lipinski definition) is 1. The third-order valence-electron chi connectivity index (χ3n) is 3.30. The average Bonchev–Trinajstić information content (AvgIpc) is 3.03. The van der Waals surface area contributed by atoms with Gasteiger partial charge in [-0.25, -0.2) is 4.98 Å². The van der Waals surface area contributed by atoms with Crippen LogP contribution in [0.1, 0.15) is 13.3 Å². The molecular formula is C17H16N2O3S2. The van der Waals surface area contributed by atoms with Crippen molar-refractivity contribution in [3.05, 3.63) is 46.1 Å². The minimum Gasteiger partial charge on any atom is -0.465 e. The van der Waals surface area contributed by atoms with Crippen LogP contribution < -0.4 is 5.56 Å². The maximum atomic E-state index is 12.5. The summed E-state index contributed by atoms with van der Waals surface area (Å²) in [6, 6.07) is 9.74. The molecule has 0 radical (unpaired) electrons. The quantitative estimate of drug-likeness (QED) is 0.412. The minimum atomic E-state index is -0.305. The molecule has 7 heteroatoms. The molecule has 5 nitrogen and oxygen atoms in total. The molecule has 0 aliphatic heterocycles. The molecule has 0 saturated heterocycles. The van der Waals surface area contributed by atoms with Crippen LogP contribution in [0.4, 0.5) is 0 Å². The molecule has 3 rings (SSSR count). The number of aromatic nitrogens is 2. The zero-order chi connectivity index (χ0) is 16.9. The lowest BCUT2D eigenvalue weighted by Crippen LogP contribution is -2.11. The lowest BCUT2D eigenvalue weighted by Gasteiger charge is -2.03. The first-order valence-electron chi connectivity index (χ1n) is 7.54. The van der Waals surface area contributed by atoms with Crippen molar-refractivity contribution in [1.29, 1.82) is 0 Å². The number of hydrogen-bond acceptors (Lipinski definition) is 6. The van der Waals surface area contributed by atoms with Crippen molar-refractivity contribution < 1.29 is 9.53 Å². The van der Waals surface area contributed by atoms with Gasteiger partial charge in [-0.2, -0.15) is 0 Å². The maximum absolute atomic E-state index is 12.5. The number of H-pyrrole nitrogens is 1. The van der Waals surface area contributed by atoms with E-state index in [0.717, 1.165) is 17.5 Å². The molecule has 0 bridgehead atoms. The zero-order valence-electron chi connectivity index (χ0n) is 13.1. The van der Waals surface area contributed by atoms with E-state index in [9.17, 15) is 9.59 Å². The molecule has 124 valence electrons. The van der Waals surface area contributed by atoms with Crippen molar-refractivity contribution in [3.63, 3.8) is 0 Å². The SMILES string of the molecule is CCCOC(=O)CSc1nc2scc(-c3ccccc3)c2c(=O)[nH]1. The van der Waals surface area contributed by atoms with Crippen LogP contribution in [-0.4, -0.2) is 28.3 Å². The molecular weight excluding hydrogens is 344 g/mol. The summed E-state index contributed by atoms with van der Waals surface area (Å²) in [5, 5.41) is 2.96. The summed E-state index contributed by atoms with van der Waals surface area (Å²) in [4.78, 5) is 31.9. The first kappa shape index (κ1) is 16.7. The molecule has 2 heterocycles. The summed E-state index contributed by atoms with van der Waals surface area (Å²) in [5.41, 5.74) is 1.67. The van der Waals surface area contributed by atoms with Crippen molar-refractivity contribution >= 4 is 39.3 Å². The Morgan fingerprint density at radius 1 is 1.33 bits per heavy atom. The second-order valence-corrected chi connectivity index (χ2v) is 6.90. The van der Waals surface area contributed by atoms with E-state index >= 15 is 0 Å². The molecule has 1 N–H and O–H groups in total. The molecule has 24 heavy (non-hydrogen) atoms.